The van der Waals surface area contributed by atoms with Crippen LogP contribution in [-0.2, 0) is 20.6 Å². The molecule has 1 aliphatic rings. The Labute approximate surface area is 223 Å². The molecule has 3 aromatic rings. The van der Waals surface area contributed by atoms with Gasteiger partial charge in [-0.05, 0) is 55.2 Å². The quantitative estimate of drug-likeness (QED) is 0.331. The second-order valence-corrected chi connectivity index (χ2v) is 12.0. The summed E-state index contributed by atoms with van der Waals surface area (Å²) in [6.07, 6.45) is 1.20. The van der Waals surface area contributed by atoms with Crippen LogP contribution in [0.1, 0.15) is 33.6 Å². The molecule has 0 atom stereocenters. The van der Waals surface area contributed by atoms with Crippen molar-refractivity contribution in [3.63, 3.8) is 0 Å². The van der Waals surface area contributed by atoms with Crippen molar-refractivity contribution in [3.8, 4) is 16.2 Å². The second kappa shape index (κ2) is 11.5. The van der Waals surface area contributed by atoms with Crippen LogP contribution in [0.4, 0.5) is 10.1 Å². The van der Waals surface area contributed by atoms with Crippen molar-refractivity contribution in [2.45, 2.75) is 31.6 Å². The van der Waals surface area contributed by atoms with Crippen LogP contribution in [0.5, 0.6) is 5.75 Å². The first-order valence-electron chi connectivity index (χ1n) is 11.8. The molecule has 0 unspecified atom stereocenters. The third-order valence-electron chi connectivity index (χ3n) is 6.23. The summed E-state index contributed by atoms with van der Waals surface area (Å²) < 4.78 is 45.5. The predicted molar refractivity (Wildman–Crippen MR) is 142 cm³/mol. The predicted octanol–water partition coefficient (Wildman–Crippen LogP) is 4.43. The van der Waals surface area contributed by atoms with Crippen LogP contribution >= 0.6 is 11.3 Å². The van der Waals surface area contributed by atoms with Crippen molar-refractivity contribution in [3.05, 3.63) is 70.4 Å². The number of hydrogen-bond acceptors (Lipinski definition) is 7. The zero-order valence-electron chi connectivity index (χ0n) is 20.5. The summed E-state index contributed by atoms with van der Waals surface area (Å²) in [6.45, 7) is 1.77. The number of hydrogen-bond donors (Lipinski definition) is 3. The lowest BCUT2D eigenvalue weighted by molar-refractivity contribution is -0.139. The van der Waals surface area contributed by atoms with Crippen molar-refractivity contribution < 1.29 is 37.3 Å². The van der Waals surface area contributed by atoms with E-state index in [-0.39, 0.29) is 22.4 Å². The van der Waals surface area contributed by atoms with Crippen LogP contribution in [0.2, 0.25) is 0 Å². The molecule has 1 saturated heterocycles. The molecule has 9 nitrogen and oxygen atoms in total. The van der Waals surface area contributed by atoms with Crippen LogP contribution in [-0.4, -0.2) is 60.6 Å². The van der Waals surface area contributed by atoms with E-state index in [4.69, 9.17) is 9.84 Å². The van der Waals surface area contributed by atoms with Crippen molar-refractivity contribution >= 4 is 39.0 Å². The number of ether oxygens (including phenoxy) is 1. The number of thiophene rings is 1. The Balaban J connectivity index is 1.42. The summed E-state index contributed by atoms with van der Waals surface area (Å²) in [6, 6.07) is 12.9. The Hall–Kier alpha value is -3.48. The number of nitrogens with one attached hydrogen (secondary N) is 1. The molecule has 2 aromatic carbocycles. The van der Waals surface area contributed by atoms with Crippen molar-refractivity contribution in [2.75, 3.05) is 25.0 Å². The number of rotatable bonds is 10. The topological polar surface area (TPSA) is 133 Å². The number of anilines is 1. The largest absolute Gasteiger partial charge is 0.480 e. The second-order valence-electron chi connectivity index (χ2n) is 8.98. The number of nitrogens with zero attached hydrogens (tertiary/aromatic N) is 1. The third-order valence-corrected chi connectivity index (χ3v) is 9.39. The monoisotopic (exact) mass is 562 g/mol. The van der Waals surface area contributed by atoms with Crippen LogP contribution in [0, 0.1) is 12.7 Å². The van der Waals surface area contributed by atoms with E-state index in [0.717, 1.165) is 22.6 Å². The first-order valence-corrected chi connectivity index (χ1v) is 14.3. The third kappa shape index (κ3) is 6.50. The number of aliphatic carboxylic acids is 1. The number of carbonyl (C=O) groups is 2. The zero-order valence-corrected chi connectivity index (χ0v) is 22.1. The van der Waals surface area contributed by atoms with E-state index >= 15 is 0 Å². The molecule has 202 valence electrons. The molecule has 0 spiro atoms. The van der Waals surface area contributed by atoms with Gasteiger partial charge < -0.3 is 20.3 Å². The van der Waals surface area contributed by atoms with E-state index in [2.05, 4.69) is 5.32 Å². The zero-order chi connectivity index (χ0) is 27.4. The molecular weight excluding hydrogens is 535 g/mol. The lowest BCUT2D eigenvalue weighted by Gasteiger charge is -2.32. The normalized spacial score (nSPS) is 14.8. The Morgan fingerprint density at radius 3 is 2.45 bits per heavy atom. The average Bonchev–Trinajstić information content (AvgIpc) is 3.21. The van der Waals surface area contributed by atoms with E-state index in [1.54, 1.807) is 6.92 Å². The van der Waals surface area contributed by atoms with Gasteiger partial charge in [0.2, 0.25) is 10.0 Å². The van der Waals surface area contributed by atoms with Gasteiger partial charge in [0.15, 0.2) is 11.5 Å². The van der Waals surface area contributed by atoms with E-state index in [1.807, 2.05) is 24.3 Å². The smallest absolute Gasteiger partial charge is 0.349 e. The minimum atomic E-state index is -3.52. The van der Waals surface area contributed by atoms with Gasteiger partial charge in [0.25, 0.3) is 0 Å². The van der Waals surface area contributed by atoms with Gasteiger partial charge in [-0.15, -0.1) is 11.3 Å². The minimum absolute atomic E-state index is 0.0380. The minimum Gasteiger partial charge on any atom is -0.480 e. The summed E-state index contributed by atoms with van der Waals surface area (Å²) in [5.41, 5.74) is 2.64. The number of benzene rings is 2. The maximum Gasteiger partial charge on any atom is 0.349 e. The Morgan fingerprint density at radius 2 is 1.82 bits per heavy atom. The number of piperidine rings is 1. The van der Waals surface area contributed by atoms with Gasteiger partial charge in [0.1, 0.15) is 11.6 Å². The Morgan fingerprint density at radius 1 is 1.13 bits per heavy atom. The van der Waals surface area contributed by atoms with Crippen LogP contribution in [0.15, 0.2) is 48.5 Å². The van der Waals surface area contributed by atoms with Crippen molar-refractivity contribution in [1.82, 2.24) is 4.31 Å². The molecule has 38 heavy (non-hydrogen) atoms. The highest BCUT2D eigenvalue weighted by Gasteiger charge is 2.28. The molecule has 4 rings (SSSR count). The number of sulfonamides is 1. The Bertz CT molecular complexity index is 1430. The van der Waals surface area contributed by atoms with Gasteiger partial charge in [0.05, 0.1) is 5.75 Å². The molecule has 0 bridgehead atoms. The van der Waals surface area contributed by atoms with Crippen molar-refractivity contribution in [1.29, 1.82) is 0 Å². The molecule has 2 heterocycles. The highest BCUT2D eigenvalue weighted by molar-refractivity contribution is 7.88. The fourth-order valence-corrected chi connectivity index (χ4v) is 7.02. The summed E-state index contributed by atoms with van der Waals surface area (Å²) in [7, 11) is -3.52. The number of carboxylic acids is 2. The standard InChI is InChI=1S/C26H27FN2O7S2/c1-16-23(36-14-22(30)31)25(26(32)33)37-24(16)18-3-2-4-21(13-18)28-20-9-11-29(12-10-20)38(34,35)15-17-5-7-19(27)8-6-17/h2-8,13,20,28H,9-12,14-15H2,1H3,(H,30,31)(H,32,33). The maximum absolute atomic E-state index is 13.1. The molecule has 1 aliphatic heterocycles. The van der Waals surface area contributed by atoms with Crippen LogP contribution in [0.3, 0.4) is 0 Å². The van der Waals surface area contributed by atoms with Crippen molar-refractivity contribution in [2.24, 2.45) is 0 Å². The molecular formula is C26H27FN2O7S2. The molecule has 12 heteroatoms. The number of halogens is 1. The molecule has 3 N–H and O–H groups in total. The highest BCUT2D eigenvalue weighted by Crippen LogP contribution is 2.42. The van der Waals surface area contributed by atoms with E-state index in [1.165, 1.54) is 28.6 Å². The molecule has 0 radical (unpaired) electrons. The molecule has 0 aliphatic carbocycles. The summed E-state index contributed by atoms with van der Waals surface area (Å²) >= 11 is 1.02. The molecule has 0 amide bonds. The lowest BCUT2D eigenvalue weighted by atomic mass is 10.0. The van der Waals surface area contributed by atoms with Crippen LogP contribution in [0.25, 0.3) is 10.4 Å². The van der Waals surface area contributed by atoms with Gasteiger partial charge in [0, 0.05) is 35.3 Å². The van der Waals surface area contributed by atoms with Gasteiger partial charge in [-0.25, -0.2) is 26.7 Å². The highest BCUT2D eigenvalue weighted by atomic mass is 32.2. The fraction of sp³-hybridized carbons (Fsp3) is 0.308. The van der Waals surface area contributed by atoms with Gasteiger partial charge in [-0.1, -0.05) is 24.3 Å². The number of aromatic carboxylic acids is 1. The first-order chi connectivity index (χ1) is 18.0. The maximum atomic E-state index is 13.1. The van der Waals surface area contributed by atoms with Gasteiger partial charge >= 0.3 is 11.9 Å². The molecule has 0 saturated carbocycles. The summed E-state index contributed by atoms with van der Waals surface area (Å²) in [5.74, 6) is -2.93. The summed E-state index contributed by atoms with van der Waals surface area (Å²) in [4.78, 5) is 23.2. The van der Waals surface area contributed by atoms with Crippen LogP contribution < -0.4 is 10.1 Å². The SMILES string of the molecule is Cc1c(-c2cccc(NC3CCN(S(=O)(=O)Cc4ccc(F)cc4)CC3)c2)sc(C(=O)O)c1OCC(=O)O. The first kappa shape index (κ1) is 27.6. The summed E-state index contributed by atoms with van der Waals surface area (Å²) in [5, 5.41) is 21.9. The average molecular weight is 563 g/mol. The van der Waals surface area contributed by atoms with Gasteiger partial charge in [-0.3, -0.25) is 0 Å². The lowest BCUT2D eigenvalue weighted by Crippen LogP contribution is -2.42. The van der Waals surface area contributed by atoms with E-state index in [0.29, 0.717) is 41.9 Å². The van der Waals surface area contributed by atoms with E-state index < -0.39 is 34.4 Å². The van der Waals surface area contributed by atoms with E-state index in [9.17, 15) is 27.5 Å². The number of carboxylic acid groups (broad SMARTS) is 2. The van der Waals surface area contributed by atoms with Gasteiger partial charge in [-0.2, -0.15) is 0 Å². The molecule has 1 fully saturated rings. The Kier molecular flexibility index (Phi) is 8.34. The molecule has 1 aromatic heterocycles. The fourth-order valence-electron chi connectivity index (χ4n) is 4.37.